The van der Waals surface area contributed by atoms with Gasteiger partial charge in [-0.15, -0.1) is 0 Å². The first-order chi connectivity index (χ1) is 4.21. The number of hydrogen-bond acceptors (Lipinski definition) is 2. The van der Waals surface area contributed by atoms with Gasteiger partial charge in [-0.2, -0.15) is 0 Å². The quantitative estimate of drug-likeness (QED) is 0.605. The molecule has 0 spiro atoms. The molecule has 9 heavy (non-hydrogen) atoms. The highest BCUT2D eigenvalue weighted by atomic mass is 16.5. The monoisotopic (exact) mass is 130 g/mol. The number of methoxy groups -OCH3 is 1. The van der Waals surface area contributed by atoms with Gasteiger partial charge in [-0.25, -0.2) is 0 Å². The zero-order valence-electron chi connectivity index (χ0n) is 5.39. The van der Waals surface area contributed by atoms with Gasteiger partial charge in [0.1, 0.15) is 0 Å². The second-order valence-corrected chi connectivity index (χ2v) is 2.52. The molecule has 1 N–H and O–H groups in total. The molecule has 0 radical (unpaired) electrons. The fourth-order valence-corrected chi connectivity index (χ4v) is 0.847. The lowest BCUT2D eigenvalue weighted by molar-refractivity contribution is -0.145. The molecule has 1 saturated carbocycles. The van der Waals surface area contributed by atoms with Gasteiger partial charge in [0.05, 0.1) is 12.0 Å². The van der Waals surface area contributed by atoms with Crippen LogP contribution in [0.1, 0.15) is 12.8 Å². The largest absolute Gasteiger partial charge is 0.481 e. The van der Waals surface area contributed by atoms with Gasteiger partial charge in [0.25, 0.3) is 0 Å². The maximum atomic E-state index is 10.4. The summed E-state index contributed by atoms with van der Waals surface area (Å²) in [4.78, 5) is 10.4. The minimum atomic E-state index is -0.718. The van der Waals surface area contributed by atoms with E-state index in [1.54, 1.807) is 0 Å². The van der Waals surface area contributed by atoms with Crippen LogP contribution in [0.4, 0.5) is 0 Å². The van der Waals surface area contributed by atoms with Crippen LogP contribution in [0.3, 0.4) is 0 Å². The van der Waals surface area contributed by atoms with Crippen molar-refractivity contribution in [1.29, 1.82) is 0 Å². The number of carboxylic acids is 1. The van der Waals surface area contributed by atoms with Crippen molar-refractivity contribution < 1.29 is 14.6 Å². The van der Waals surface area contributed by atoms with Crippen LogP contribution in [-0.2, 0) is 9.53 Å². The number of hydrogen-bond donors (Lipinski definition) is 1. The van der Waals surface area contributed by atoms with Gasteiger partial charge >= 0.3 is 5.97 Å². The van der Waals surface area contributed by atoms with Gasteiger partial charge in [0, 0.05) is 7.11 Å². The highest BCUT2D eigenvalue weighted by Gasteiger charge is 2.50. The van der Waals surface area contributed by atoms with Crippen molar-refractivity contribution >= 4 is 5.97 Å². The summed E-state index contributed by atoms with van der Waals surface area (Å²) >= 11 is 0. The fourth-order valence-electron chi connectivity index (χ4n) is 0.847. The standard InChI is InChI=1S/C6H10O3/c1-9-4-6(2-3-6)5(7)8/h2-4H2,1H3,(H,7,8). The first kappa shape index (κ1) is 6.55. The molecular weight excluding hydrogens is 120 g/mol. The van der Waals surface area contributed by atoms with Gasteiger partial charge < -0.3 is 9.84 Å². The minimum Gasteiger partial charge on any atom is -0.481 e. The van der Waals surface area contributed by atoms with Gasteiger partial charge in [-0.1, -0.05) is 0 Å². The summed E-state index contributed by atoms with van der Waals surface area (Å²) < 4.78 is 4.75. The third-order valence-corrected chi connectivity index (χ3v) is 1.73. The predicted molar refractivity (Wildman–Crippen MR) is 31.2 cm³/mol. The van der Waals surface area contributed by atoms with Crippen molar-refractivity contribution in [2.75, 3.05) is 13.7 Å². The highest BCUT2D eigenvalue weighted by molar-refractivity contribution is 5.77. The van der Waals surface area contributed by atoms with E-state index >= 15 is 0 Å². The zero-order valence-corrected chi connectivity index (χ0v) is 5.39. The molecular formula is C6H10O3. The molecule has 0 atom stereocenters. The van der Waals surface area contributed by atoms with Crippen LogP contribution >= 0.6 is 0 Å². The Labute approximate surface area is 53.6 Å². The molecule has 52 valence electrons. The molecule has 0 saturated heterocycles. The number of rotatable bonds is 3. The molecule has 0 heterocycles. The van der Waals surface area contributed by atoms with Crippen molar-refractivity contribution in [2.45, 2.75) is 12.8 Å². The summed E-state index contributed by atoms with van der Waals surface area (Å²) in [6.45, 7) is 0.363. The van der Waals surface area contributed by atoms with Crippen LogP contribution in [0.25, 0.3) is 0 Å². The molecule has 3 nitrogen and oxygen atoms in total. The molecule has 3 heteroatoms. The van der Waals surface area contributed by atoms with Gasteiger partial charge in [-0.05, 0) is 12.8 Å². The molecule has 0 aromatic heterocycles. The molecule has 1 aliphatic rings. The second-order valence-electron chi connectivity index (χ2n) is 2.52. The van der Waals surface area contributed by atoms with E-state index in [0.717, 1.165) is 12.8 Å². The first-order valence-corrected chi connectivity index (χ1v) is 2.94. The van der Waals surface area contributed by atoms with E-state index in [-0.39, 0.29) is 0 Å². The summed E-state index contributed by atoms with van der Waals surface area (Å²) in [6, 6.07) is 0. The number of carboxylic acid groups (broad SMARTS) is 1. The molecule has 0 aromatic carbocycles. The molecule has 1 rings (SSSR count). The molecule has 1 aliphatic carbocycles. The average molecular weight is 130 g/mol. The second kappa shape index (κ2) is 1.99. The SMILES string of the molecule is COCC1(C(=O)O)CC1. The Kier molecular flexibility index (Phi) is 1.45. The van der Waals surface area contributed by atoms with Crippen LogP contribution in [0.5, 0.6) is 0 Å². The Morgan fingerprint density at radius 3 is 2.44 bits per heavy atom. The predicted octanol–water partition coefficient (Wildman–Crippen LogP) is 0.498. The summed E-state index contributed by atoms with van der Waals surface area (Å²) in [5.41, 5.74) is -0.505. The van der Waals surface area contributed by atoms with Crippen LogP contribution in [0.15, 0.2) is 0 Å². The van der Waals surface area contributed by atoms with E-state index in [9.17, 15) is 4.79 Å². The summed E-state index contributed by atoms with van der Waals surface area (Å²) in [5, 5.41) is 8.55. The normalized spacial score (nSPS) is 21.4. The lowest BCUT2D eigenvalue weighted by Gasteiger charge is -2.05. The van der Waals surface area contributed by atoms with Gasteiger partial charge in [0.2, 0.25) is 0 Å². The van der Waals surface area contributed by atoms with Crippen molar-refractivity contribution in [3.63, 3.8) is 0 Å². The van der Waals surface area contributed by atoms with Crippen molar-refractivity contribution in [2.24, 2.45) is 5.41 Å². The molecule has 0 amide bonds. The smallest absolute Gasteiger partial charge is 0.311 e. The molecule has 0 bridgehead atoms. The van der Waals surface area contributed by atoms with Crippen LogP contribution in [0.2, 0.25) is 0 Å². The minimum absolute atomic E-state index is 0.363. The summed E-state index contributed by atoms with van der Waals surface area (Å²) in [5.74, 6) is -0.718. The van der Waals surface area contributed by atoms with Crippen LogP contribution in [0, 0.1) is 5.41 Å². The number of carbonyl (C=O) groups is 1. The Balaban J connectivity index is 2.43. The molecule has 1 fully saturated rings. The summed E-state index contributed by atoms with van der Waals surface area (Å²) in [7, 11) is 1.53. The average Bonchev–Trinajstić information content (AvgIpc) is 2.49. The fraction of sp³-hybridized carbons (Fsp3) is 0.833. The van der Waals surface area contributed by atoms with Gasteiger partial charge in [0.15, 0.2) is 0 Å². The molecule has 0 aromatic rings. The Morgan fingerprint density at radius 2 is 2.33 bits per heavy atom. The van der Waals surface area contributed by atoms with Crippen molar-refractivity contribution in [3.05, 3.63) is 0 Å². The Morgan fingerprint density at radius 1 is 1.78 bits per heavy atom. The van der Waals surface area contributed by atoms with Gasteiger partial charge in [-0.3, -0.25) is 4.79 Å². The first-order valence-electron chi connectivity index (χ1n) is 2.94. The zero-order chi connectivity index (χ0) is 6.91. The third-order valence-electron chi connectivity index (χ3n) is 1.73. The van der Waals surface area contributed by atoms with Crippen LogP contribution in [-0.4, -0.2) is 24.8 Å². The lowest BCUT2D eigenvalue weighted by Crippen LogP contribution is -2.19. The van der Waals surface area contributed by atoms with E-state index in [1.165, 1.54) is 7.11 Å². The maximum absolute atomic E-state index is 10.4. The van der Waals surface area contributed by atoms with Crippen molar-refractivity contribution in [3.8, 4) is 0 Å². The Bertz CT molecular complexity index is 126. The molecule has 0 aliphatic heterocycles. The third kappa shape index (κ3) is 1.05. The molecule has 0 unspecified atom stereocenters. The van der Waals surface area contributed by atoms with E-state index < -0.39 is 11.4 Å². The summed E-state index contributed by atoms with van der Waals surface area (Å²) in [6.07, 6.45) is 1.55. The van der Waals surface area contributed by atoms with Crippen molar-refractivity contribution in [1.82, 2.24) is 0 Å². The highest BCUT2D eigenvalue weighted by Crippen LogP contribution is 2.45. The van der Waals surface area contributed by atoms with E-state index in [1.807, 2.05) is 0 Å². The topological polar surface area (TPSA) is 46.5 Å². The van der Waals surface area contributed by atoms with E-state index in [2.05, 4.69) is 0 Å². The lowest BCUT2D eigenvalue weighted by atomic mass is 10.1. The van der Waals surface area contributed by atoms with E-state index in [4.69, 9.17) is 9.84 Å². The van der Waals surface area contributed by atoms with Crippen LogP contribution < -0.4 is 0 Å². The number of ether oxygens (including phenoxy) is 1. The maximum Gasteiger partial charge on any atom is 0.311 e. The number of aliphatic carboxylic acids is 1. The van der Waals surface area contributed by atoms with E-state index in [0.29, 0.717) is 6.61 Å². The Hall–Kier alpha value is -0.570.